The smallest absolute Gasteiger partial charge is 0.438 e. The first-order valence-corrected chi connectivity index (χ1v) is 10.9. The first-order valence-electron chi connectivity index (χ1n) is 7.94. The molecule has 134 valence electrons. The highest BCUT2D eigenvalue weighted by Gasteiger charge is 2.39. The third-order valence-corrected chi connectivity index (χ3v) is 8.78. The zero-order chi connectivity index (χ0) is 17.7. The SMILES string of the molecule is CCOC1C=CC(OC(=O)OC)[C@@H](CO[Si](C)(C)C(C)(C)C)O1. The molecular weight excluding hydrogens is 316 g/mol. The van der Waals surface area contributed by atoms with Gasteiger partial charge in [-0.25, -0.2) is 4.79 Å². The number of methoxy groups -OCH3 is 1. The Kier molecular flexibility index (Phi) is 7.25. The largest absolute Gasteiger partial charge is 0.508 e. The van der Waals surface area contributed by atoms with E-state index < -0.39 is 33.0 Å². The topological polar surface area (TPSA) is 63.2 Å². The highest BCUT2D eigenvalue weighted by atomic mass is 28.4. The summed E-state index contributed by atoms with van der Waals surface area (Å²) < 4.78 is 27.3. The Morgan fingerprint density at radius 3 is 2.43 bits per heavy atom. The third kappa shape index (κ3) is 5.91. The van der Waals surface area contributed by atoms with Gasteiger partial charge in [-0.1, -0.05) is 20.8 Å². The van der Waals surface area contributed by atoms with Crippen LogP contribution in [0.15, 0.2) is 12.2 Å². The molecule has 0 spiro atoms. The van der Waals surface area contributed by atoms with Crippen molar-refractivity contribution >= 4 is 14.5 Å². The first kappa shape index (κ1) is 20.2. The van der Waals surface area contributed by atoms with Gasteiger partial charge in [-0.2, -0.15) is 0 Å². The van der Waals surface area contributed by atoms with Gasteiger partial charge in [0.25, 0.3) is 0 Å². The molecule has 2 unspecified atom stereocenters. The van der Waals surface area contributed by atoms with Gasteiger partial charge >= 0.3 is 6.16 Å². The molecule has 0 aromatic heterocycles. The number of hydrogen-bond donors (Lipinski definition) is 0. The van der Waals surface area contributed by atoms with Crippen LogP contribution in [-0.2, 0) is 23.4 Å². The van der Waals surface area contributed by atoms with E-state index in [4.69, 9.17) is 18.6 Å². The van der Waals surface area contributed by atoms with Crippen LogP contribution in [0.2, 0.25) is 18.1 Å². The molecule has 0 amide bonds. The summed E-state index contributed by atoms with van der Waals surface area (Å²) in [7, 11) is -0.646. The summed E-state index contributed by atoms with van der Waals surface area (Å²) in [5, 5.41) is 0.0928. The molecule has 0 aromatic carbocycles. The molecule has 0 fully saturated rings. The minimum Gasteiger partial charge on any atom is -0.438 e. The predicted molar refractivity (Wildman–Crippen MR) is 89.9 cm³/mol. The molecule has 6 nitrogen and oxygen atoms in total. The minimum absolute atomic E-state index is 0.0928. The quantitative estimate of drug-likeness (QED) is 0.417. The molecule has 0 saturated carbocycles. The van der Waals surface area contributed by atoms with Gasteiger partial charge in [-0.3, -0.25) is 0 Å². The van der Waals surface area contributed by atoms with E-state index >= 15 is 0 Å². The summed E-state index contributed by atoms with van der Waals surface area (Å²) in [6.07, 6.45) is 1.33. The Labute approximate surface area is 140 Å². The predicted octanol–water partition coefficient (Wildman–Crippen LogP) is 3.48. The number of carbonyl (C=O) groups excluding carboxylic acids is 1. The first-order chi connectivity index (χ1) is 10.6. The Morgan fingerprint density at radius 2 is 1.91 bits per heavy atom. The van der Waals surface area contributed by atoms with Crippen molar-refractivity contribution in [3.63, 3.8) is 0 Å². The van der Waals surface area contributed by atoms with Crippen molar-refractivity contribution in [2.45, 2.75) is 64.3 Å². The van der Waals surface area contributed by atoms with Crippen molar-refractivity contribution < 1.29 is 28.2 Å². The Bertz CT molecular complexity index is 415. The molecule has 1 aliphatic rings. The van der Waals surface area contributed by atoms with Gasteiger partial charge in [0.1, 0.15) is 6.10 Å². The standard InChI is InChI=1S/C16H30O6Si/c1-8-19-14-10-9-12(22-15(17)18-5)13(21-14)11-20-23(6,7)16(2,3)4/h9-10,12-14H,8,11H2,1-7H3/t12?,13-,14?/m1/s1. The van der Waals surface area contributed by atoms with Crippen LogP contribution in [0.5, 0.6) is 0 Å². The van der Waals surface area contributed by atoms with Crippen LogP contribution in [0.25, 0.3) is 0 Å². The van der Waals surface area contributed by atoms with E-state index in [-0.39, 0.29) is 5.04 Å². The van der Waals surface area contributed by atoms with E-state index in [1.165, 1.54) is 7.11 Å². The Balaban J connectivity index is 2.76. The summed E-state index contributed by atoms with van der Waals surface area (Å²) in [6.45, 7) is 13.6. The van der Waals surface area contributed by atoms with E-state index in [1.807, 2.05) is 6.92 Å². The summed E-state index contributed by atoms with van der Waals surface area (Å²) in [4.78, 5) is 11.4. The average molecular weight is 346 g/mol. The van der Waals surface area contributed by atoms with Gasteiger partial charge in [0, 0.05) is 6.61 Å². The van der Waals surface area contributed by atoms with Gasteiger partial charge in [-0.05, 0) is 37.2 Å². The molecule has 0 aromatic rings. The van der Waals surface area contributed by atoms with Gasteiger partial charge in [-0.15, -0.1) is 0 Å². The highest BCUT2D eigenvalue weighted by molar-refractivity contribution is 6.74. The van der Waals surface area contributed by atoms with Crippen LogP contribution in [0.1, 0.15) is 27.7 Å². The second-order valence-electron chi connectivity index (χ2n) is 6.99. The van der Waals surface area contributed by atoms with E-state index in [0.29, 0.717) is 13.2 Å². The fourth-order valence-corrected chi connectivity index (χ4v) is 2.81. The van der Waals surface area contributed by atoms with Gasteiger partial charge in [0.05, 0.1) is 13.7 Å². The van der Waals surface area contributed by atoms with Crippen molar-refractivity contribution in [2.24, 2.45) is 0 Å². The number of ether oxygens (including phenoxy) is 4. The van der Waals surface area contributed by atoms with E-state index in [0.717, 1.165) is 0 Å². The van der Waals surface area contributed by atoms with Crippen LogP contribution in [0.4, 0.5) is 4.79 Å². The molecule has 23 heavy (non-hydrogen) atoms. The summed E-state index contributed by atoms with van der Waals surface area (Å²) in [5.74, 6) is 0. The summed E-state index contributed by atoms with van der Waals surface area (Å²) >= 11 is 0. The molecule has 1 heterocycles. The van der Waals surface area contributed by atoms with Crippen LogP contribution >= 0.6 is 0 Å². The van der Waals surface area contributed by atoms with Crippen molar-refractivity contribution in [3.8, 4) is 0 Å². The normalized spacial score (nSPS) is 25.3. The Morgan fingerprint density at radius 1 is 1.26 bits per heavy atom. The lowest BCUT2D eigenvalue weighted by molar-refractivity contribution is -0.179. The summed E-state index contributed by atoms with van der Waals surface area (Å²) in [6, 6.07) is 0. The van der Waals surface area contributed by atoms with Crippen molar-refractivity contribution in [2.75, 3.05) is 20.3 Å². The van der Waals surface area contributed by atoms with Crippen molar-refractivity contribution in [3.05, 3.63) is 12.2 Å². The maximum atomic E-state index is 11.4. The lowest BCUT2D eigenvalue weighted by atomic mass is 10.1. The molecular formula is C16H30O6Si. The maximum absolute atomic E-state index is 11.4. The second-order valence-corrected chi connectivity index (χ2v) is 11.8. The van der Waals surface area contributed by atoms with E-state index in [9.17, 15) is 4.79 Å². The van der Waals surface area contributed by atoms with Gasteiger partial charge < -0.3 is 23.4 Å². The molecule has 0 N–H and O–H groups in total. The number of carbonyl (C=O) groups is 1. The van der Waals surface area contributed by atoms with Crippen LogP contribution < -0.4 is 0 Å². The van der Waals surface area contributed by atoms with E-state index in [1.54, 1.807) is 12.2 Å². The third-order valence-electron chi connectivity index (χ3n) is 4.28. The van der Waals surface area contributed by atoms with Crippen LogP contribution in [-0.4, -0.2) is 53.3 Å². The van der Waals surface area contributed by atoms with Gasteiger partial charge in [0.15, 0.2) is 20.7 Å². The zero-order valence-electron chi connectivity index (χ0n) is 15.3. The average Bonchev–Trinajstić information content (AvgIpc) is 2.46. The summed E-state index contributed by atoms with van der Waals surface area (Å²) in [5.41, 5.74) is 0. The van der Waals surface area contributed by atoms with Gasteiger partial charge in [0.2, 0.25) is 0 Å². The molecule has 0 aliphatic carbocycles. The molecule has 0 saturated heterocycles. The number of hydrogen-bond acceptors (Lipinski definition) is 6. The fraction of sp³-hybridized carbons (Fsp3) is 0.812. The molecule has 7 heteroatoms. The molecule has 1 aliphatic heterocycles. The lowest BCUT2D eigenvalue weighted by Crippen LogP contribution is -2.47. The lowest BCUT2D eigenvalue weighted by Gasteiger charge is -2.39. The molecule has 3 atom stereocenters. The van der Waals surface area contributed by atoms with Crippen molar-refractivity contribution in [1.82, 2.24) is 0 Å². The van der Waals surface area contributed by atoms with Crippen LogP contribution in [0.3, 0.4) is 0 Å². The van der Waals surface area contributed by atoms with E-state index in [2.05, 4.69) is 38.6 Å². The fourth-order valence-electron chi connectivity index (χ4n) is 1.79. The zero-order valence-corrected chi connectivity index (χ0v) is 16.3. The van der Waals surface area contributed by atoms with Crippen LogP contribution in [0, 0.1) is 0 Å². The van der Waals surface area contributed by atoms with Crippen molar-refractivity contribution in [1.29, 1.82) is 0 Å². The maximum Gasteiger partial charge on any atom is 0.508 e. The molecule has 0 radical (unpaired) electrons. The Hall–Kier alpha value is -0.893. The number of rotatable bonds is 6. The minimum atomic E-state index is -1.92. The second kappa shape index (κ2) is 8.28. The monoisotopic (exact) mass is 346 g/mol. The molecule has 0 bridgehead atoms. The highest BCUT2D eigenvalue weighted by Crippen LogP contribution is 2.37. The molecule has 1 rings (SSSR count).